The monoisotopic (exact) mass is 188 g/mol. The van der Waals surface area contributed by atoms with Gasteiger partial charge in [0.2, 0.25) is 0 Å². The van der Waals surface area contributed by atoms with Crippen molar-refractivity contribution in [3.63, 3.8) is 0 Å². The van der Waals surface area contributed by atoms with Crippen LogP contribution in [0.3, 0.4) is 0 Å². The van der Waals surface area contributed by atoms with Crippen LogP contribution in [-0.4, -0.2) is 0 Å². The van der Waals surface area contributed by atoms with Crippen LogP contribution in [0.4, 0.5) is 0 Å². The van der Waals surface area contributed by atoms with Gasteiger partial charge in [-0.2, -0.15) is 0 Å². The van der Waals surface area contributed by atoms with E-state index in [-0.39, 0.29) is 0 Å². The molecule has 0 fully saturated rings. The maximum absolute atomic E-state index is 5.27. The van der Waals surface area contributed by atoms with E-state index < -0.39 is 0 Å². The Labute approximate surface area is 85.4 Å². The Morgan fingerprint density at radius 2 is 1.79 bits per heavy atom. The maximum Gasteiger partial charge on any atom is 0.133 e. The molecule has 0 aliphatic carbocycles. The minimum atomic E-state index is 0.929. The first-order valence-corrected chi connectivity index (χ1v) is 4.97. The van der Waals surface area contributed by atoms with Gasteiger partial charge in [-0.05, 0) is 25.1 Å². The largest absolute Gasteiger partial charge is 0.464 e. The summed E-state index contributed by atoms with van der Waals surface area (Å²) in [7, 11) is 0. The molecule has 0 aliphatic rings. The van der Waals surface area contributed by atoms with Crippen LogP contribution < -0.4 is 0 Å². The Morgan fingerprint density at radius 1 is 1.00 bits per heavy atom. The third kappa shape index (κ3) is 2.49. The van der Waals surface area contributed by atoms with E-state index in [0.29, 0.717) is 0 Å². The molecule has 1 heterocycles. The quantitative estimate of drug-likeness (QED) is 0.651. The average molecular weight is 188 g/mol. The van der Waals surface area contributed by atoms with E-state index in [9.17, 15) is 0 Å². The molecule has 0 radical (unpaired) electrons. The fraction of sp³-hybridized carbons (Fsp3) is 0.231. The highest BCUT2D eigenvalue weighted by molar-refractivity contribution is 5.57. The molecule has 0 saturated heterocycles. The molecule has 14 heavy (non-hydrogen) atoms. The highest BCUT2D eigenvalue weighted by Gasteiger charge is 1.98. The van der Waals surface area contributed by atoms with Crippen molar-refractivity contribution in [2.24, 2.45) is 0 Å². The Hall–Kier alpha value is -1.50. The second-order valence-electron chi connectivity index (χ2n) is 2.85. The van der Waals surface area contributed by atoms with Crippen LogP contribution >= 0.6 is 0 Å². The van der Waals surface area contributed by atoms with Gasteiger partial charge in [0.05, 0.1) is 6.26 Å². The first-order chi connectivity index (χ1) is 6.86. The summed E-state index contributed by atoms with van der Waals surface area (Å²) in [6.45, 7) is 6.08. The van der Waals surface area contributed by atoms with Crippen molar-refractivity contribution in [2.45, 2.75) is 20.8 Å². The predicted molar refractivity (Wildman–Crippen MR) is 60.2 cm³/mol. The van der Waals surface area contributed by atoms with Crippen molar-refractivity contribution in [1.29, 1.82) is 0 Å². The van der Waals surface area contributed by atoms with Gasteiger partial charge in [-0.25, -0.2) is 0 Å². The minimum Gasteiger partial charge on any atom is -0.464 e. The number of aryl methyl sites for hydroxylation is 1. The van der Waals surface area contributed by atoms with Gasteiger partial charge < -0.3 is 4.42 Å². The SMILES string of the molecule is CC.Cc1cccc(-c2ccco2)c1. The Morgan fingerprint density at radius 3 is 2.36 bits per heavy atom. The van der Waals surface area contributed by atoms with E-state index in [1.54, 1.807) is 6.26 Å². The molecule has 0 saturated carbocycles. The number of rotatable bonds is 1. The molecule has 0 amide bonds. The Balaban J connectivity index is 0.000000461. The second kappa shape index (κ2) is 5.28. The van der Waals surface area contributed by atoms with E-state index >= 15 is 0 Å². The fourth-order valence-corrected chi connectivity index (χ4v) is 1.24. The van der Waals surface area contributed by atoms with Gasteiger partial charge in [-0.1, -0.05) is 37.6 Å². The second-order valence-corrected chi connectivity index (χ2v) is 2.85. The molecule has 1 heteroatoms. The van der Waals surface area contributed by atoms with Gasteiger partial charge in [0.1, 0.15) is 5.76 Å². The maximum atomic E-state index is 5.27. The Kier molecular flexibility index (Phi) is 3.99. The molecule has 0 unspecified atom stereocenters. The normalized spacial score (nSPS) is 9.07. The van der Waals surface area contributed by atoms with Crippen LogP contribution in [0.25, 0.3) is 11.3 Å². The smallest absolute Gasteiger partial charge is 0.133 e. The molecule has 2 rings (SSSR count). The summed E-state index contributed by atoms with van der Waals surface area (Å²) in [4.78, 5) is 0. The first-order valence-electron chi connectivity index (χ1n) is 4.97. The third-order valence-corrected chi connectivity index (χ3v) is 1.82. The lowest BCUT2D eigenvalue weighted by Gasteiger charge is -1.96. The summed E-state index contributed by atoms with van der Waals surface area (Å²) in [6.07, 6.45) is 1.69. The zero-order valence-corrected chi connectivity index (χ0v) is 8.95. The molecule has 1 aromatic heterocycles. The van der Waals surface area contributed by atoms with Crippen LogP contribution in [0.1, 0.15) is 19.4 Å². The van der Waals surface area contributed by atoms with Crippen molar-refractivity contribution < 1.29 is 4.42 Å². The standard InChI is InChI=1S/C11H10O.C2H6/c1-9-4-2-5-10(8-9)11-6-3-7-12-11;1-2/h2-8H,1H3;1-2H3. The highest BCUT2D eigenvalue weighted by atomic mass is 16.3. The minimum absolute atomic E-state index is 0.929. The van der Waals surface area contributed by atoms with Crippen LogP contribution in [0, 0.1) is 6.92 Å². The van der Waals surface area contributed by atoms with Crippen LogP contribution in [-0.2, 0) is 0 Å². The van der Waals surface area contributed by atoms with Crippen LogP contribution in [0.15, 0.2) is 47.1 Å². The lowest BCUT2D eigenvalue weighted by atomic mass is 10.1. The zero-order valence-electron chi connectivity index (χ0n) is 8.95. The van der Waals surface area contributed by atoms with Gasteiger partial charge in [0, 0.05) is 5.56 Å². The number of furan rings is 1. The van der Waals surface area contributed by atoms with Crippen molar-refractivity contribution in [2.75, 3.05) is 0 Å². The average Bonchev–Trinajstić information content (AvgIpc) is 2.74. The third-order valence-electron chi connectivity index (χ3n) is 1.82. The van der Waals surface area contributed by atoms with E-state index in [0.717, 1.165) is 11.3 Å². The molecule has 1 aromatic carbocycles. The fourth-order valence-electron chi connectivity index (χ4n) is 1.24. The predicted octanol–water partition coefficient (Wildman–Crippen LogP) is 4.28. The summed E-state index contributed by atoms with van der Waals surface area (Å²) in [5.74, 6) is 0.929. The zero-order chi connectivity index (χ0) is 10.4. The summed E-state index contributed by atoms with van der Waals surface area (Å²) in [6, 6.07) is 12.1. The molecular weight excluding hydrogens is 172 g/mol. The van der Waals surface area contributed by atoms with Gasteiger partial charge in [-0.3, -0.25) is 0 Å². The van der Waals surface area contributed by atoms with Crippen molar-refractivity contribution >= 4 is 0 Å². The summed E-state index contributed by atoms with van der Waals surface area (Å²) in [5, 5.41) is 0. The summed E-state index contributed by atoms with van der Waals surface area (Å²) >= 11 is 0. The van der Waals surface area contributed by atoms with Crippen molar-refractivity contribution in [1.82, 2.24) is 0 Å². The summed E-state index contributed by atoms with van der Waals surface area (Å²) < 4.78 is 5.27. The van der Waals surface area contributed by atoms with E-state index in [1.165, 1.54) is 5.56 Å². The molecule has 1 nitrogen and oxygen atoms in total. The summed E-state index contributed by atoms with van der Waals surface area (Å²) in [5.41, 5.74) is 2.39. The molecule has 0 atom stereocenters. The van der Waals surface area contributed by atoms with E-state index in [1.807, 2.05) is 38.1 Å². The van der Waals surface area contributed by atoms with Crippen molar-refractivity contribution in [3.8, 4) is 11.3 Å². The van der Waals surface area contributed by atoms with E-state index in [2.05, 4.69) is 19.1 Å². The molecule has 2 aromatic rings. The highest BCUT2D eigenvalue weighted by Crippen LogP contribution is 2.19. The Bertz CT molecular complexity index is 360. The van der Waals surface area contributed by atoms with Gasteiger partial charge >= 0.3 is 0 Å². The number of hydrogen-bond donors (Lipinski definition) is 0. The lowest BCUT2D eigenvalue weighted by molar-refractivity contribution is 0.582. The van der Waals surface area contributed by atoms with Gasteiger partial charge in [0.15, 0.2) is 0 Å². The van der Waals surface area contributed by atoms with Crippen molar-refractivity contribution in [3.05, 3.63) is 48.2 Å². The molecule has 0 spiro atoms. The molecular formula is C13H16O. The first kappa shape index (κ1) is 10.6. The molecule has 74 valence electrons. The lowest BCUT2D eigenvalue weighted by Crippen LogP contribution is -1.74. The number of hydrogen-bond acceptors (Lipinski definition) is 1. The topological polar surface area (TPSA) is 13.1 Å². The van der Waals surface area contributed by atoms with Crippen LogP contribution in [0.5, 0.6) is 0 Å². The molecule has 0 aliphatic heterocycles. The van der Waals surface area contributed by atoms with Gasteiger partial charge in [-0.15, -0.1) is 0 Å². The molecule has 0 N–H and O–H groups in total. The van der Waals surface area contributed by atoms with Gasteiger partial charge in [0.25, 0.3) is 0 Å². The van der Waals surface area contributed by atoms with Crippen LogP contribution in [0.2, 0.25) is 0 Å². The van der Waals surface area contributed by atoms with E-state index in [4.69, 9.17) is 4.42 Å². The number of benzene rings is 1. The molecule has 0 bridgehead atoms.